The summed E-state index contributed by atoms with van der Waals surface area (Å²) in [6, 6.07) is 8.50. The second-order valence-electron chi connectivity index (χ2n) is 5.89. The van der Waals surface area contributed by atoms with Gasteiger partial charge in [-0.3, -0.25) is 4.90 Å². The molecule has 0 saturated carbocycles. The molecule has 2 unspecified atom stereocenters. The summed E-state index contributed by atoms with van der Waals surface area (Å²) in [5, 5.41) is 3.51. The summed E-state index contributed by atoms with van der Waals surface area (Å²) in [6.45, 7) is 6.52. The normalized spacial score (nSPS) is 27.1. The average Bonchev–Trinajstić information content (AvgIpc) is 2.49. The molecule has 2 fully saturated rings. The first kappa shape index (κ1) is 17.2. The van der Waals surface area contributed by atoms with Crippen molar-refractivity contribution >= 4 is 28.3 Å². The Kier molecular flexibility index (Phi) is 6.96. The zero-order valence-electron chi connectivity index (χ0n) is 12.3. The van der Waals surface area contributed by atoms with Crippen LogP contribution in [0.25, 0.3) is 0 Å². The average molecular weight is 376 g/mol. The molecule has 2 heterocycles. The van der Waals surface area contributed by atoms with E-state index >= 15 is 0 Å². The number of halogens is 2. The zero-order chi connectivity index (χ0) is 13.8. The number of benzene rings is 1. The first-order valence-corrected chi connectivity index (χ1v) is 8.41. The van der Waals surface area contributed by atoms with E-state index in [9.17, 15) is 0 Å². The molecule has 2 aliphatic heterocycles. The van der Waals surface area contributed by atoms with Crippen LogP contribution < -0.4 is 5.32 Å². The van der Waals surface area contributed by atoms with Gasteiger partial charge in [-0.1, -0.05) is 28.1 Å². The number of nitrogens with one attached hydrogen (secondary N) is 1. The lowest BCUT2D eigenvalue weighted by Gasteiger charge is -2.36. The molecule has 1 aromatic rings. The monoisotopic (exact) mass is 374 g/mol. The number of rotatable bonds is 3. The van der Waals surface area contributed by atoms with Crippen LogP contribution in [0.3, 0.4) is 0 Å². The highest BCUT2D eigenvalue weighted by Crippen LogP contribution is 2.25. The van der Waals surface area contributed by atoms with Gasteiger partial charge < -0.3 is 10.1 Å². The molecule has 0 bridgehead atoms. The molecule has 2 aliphatic rings. The molecule has 1 N–H and O–H groups in total. The summed E-state index contributed by atoms with van der Waals surface area (Å²) in [5.41, 5.74) is 1.28. The summed E-state index contributed by atoms with van der Waals surface area (Å²) in [5.74, 6) is 0.810. The minimum Gasteiger partial charge on any atom is -0.371 e. The molecule has 0 aliphatic carbocycles. The molecule has 0 aromatic heterocycles. The molecule has 5 heteroatoms. The van der Waals surface area contributed by atoms with Gasteiger partial charge in [0, 0.05) is 24.1 Å². The minimum atomic E-state index is 0. The number of ether oxygens (including phenoxy) is 1. The van der Waals surface area contributed by atoms with Gasteiger partial charge in [0.2, 0.25) is 0 Å². The van der Waals surface area contributed by atoms with Gasteiger partial charge in [-0.05, 0) is 49.5 Å². The Morgan fingerprint density at radius 2 is 2.29 bits per heavy atom. The molecular weight excluding hydrogens is 352 g/mol. The topological polar surface area (TPSA) is 24.5 Å². The van der Waals surface area contributed by atoms with E-state index in [0.717, 1.165) is 30.1 Å². The van der Waals surface area contributed by atoms with Gasteiger partial charge in [0.15, 0.2) is 0 Å². The Morgan fingerprint density at radius 1 is 1.38 bits per heavy atom. The predicted octanol–water partition coefficient (Wildman–Crippen LogP) is 3.24. The second kappa shape index (κ2) is 8.49. The summed E-state index contributed by atoms with van der Waals surface area (Å²) >= 11 is 3.55. The lowest BCUT2D eigenvalue weighted by molar-refractivity contribution is -0.0354. The van der Waals surface area contributed by atoms with Gasteiger partial charge >= 0.3 is 0 Å². The lowest BCUT2D eigenvalue weighted by atomic mass is 9.98. The molecule has 3 nitrogen and oxygen atoms in total. The molecule has 0 spiro atoms. The van der Waals surface area contributed by atoms with E-state index in [2.05, 4.69) is 50.4 Å². The van der Waals surface area contributed by atoms with E-state index < -0.39 is 0 Å². The van der Waals surface area contributed by atoms with Crippen molar-refractivity contribution in [3.05, 3.63) is 34.3 Å². The van der Waals surface area contributed by atoms with E-state index in [1.54, 1.807) is 0 Å². The predicted molar refractivity (Wildman–Crippen MR) is 92.1 cm³/mol. The van der Waals surface area contributed by atoms with E-state index in [1.807, 2.05) is 0 Å². The second-order valence-corrected chi connectivity index (χ2v) is 6.80. The summed E-state index contributed by atoms with van der Waals surface area (Å²) in [7, 11) is 0. The Labute approximate surface area is 142 Å². The van der Waals surface area contributed by atoms with Crippen LogP contribution in [0.5, 0.6) is 0 Å². The maximum atomic E-state index is 5.96. The number of hydrogen-bond donors (Lipinski definition) is 1. The van der Waals surface area contributed by atoms with E-state index in [0.29, 0.717) is 0 Å². The Balaban J connectivity index is 0.00000161. The van der Waals surface area contributed by atoms with E-state index in [4.69, 9.17) is 4.74 Å². The van der Waals surface area contributed by atoms with Crippen LogP contribution in [-0.2, 0) is 4.74 Å². The molecule has 2 saturated heterocycles. The van der Waals surface area contributed by atoms with Crippen molar-refractivity contribution in [3.8, 4) is 0 Å². The summed E-state index contributed by atoms with van der Waals surface area (Å²) < 4.78 is 7.09. The van der Waals surface area contributed by atoms with Crippen LogP contribution in [0.4, 0.5) is 0 Å². The van der Waals surface area contributed by atoms with Crippen molar-refractivity contribution in [2.75, 3.05) is 39.3 Å². The van der Waals surface area contributed by atoms with Crippen molar-refractivity contribution in [2.24, 2.45) is 5.92 Å². The Hall–Kier alpha value is -0.130. The van der Waals surface area contributed by atoms with Crippen molar-refractivity contribution in [2.45, 2.75) is 18.9 Å². The Bertz CT molecular complexity index is 440. The first-order chi connectivity index (χ1) is 9.81. The number of nitrogens with zero attached hydrogens (tertiary/aromatic N) is 1. The molecule has 118 valence electrons. The van der Waals surface area contributed by atoms with Crippen LogP contribution in [0.15, 0.2) is 28.7 Å². The van der Waals surface area contributed by atoms with E-state index in [1.165, 1.54) is 38.0 Å². The van der Waals surface area contributed by atoms with Crippen molar-refractivity contribution in [1.82, 2.24) is 10.2 Å². The van der Waals surface area contributed by atoms with Crippen LogP contribution in [0.2, 0.25) is 0 Å². The third-order valence-corrected chi connectivity index (χ3v) is 4.78. The van der Waals surface area contributed by atoms with Crippen LogP contribution in [0, 0.1) is 5.92 Å². The number of morpholine rings is 1. The van der Waals surface area contributed by atoms with Crippen LogP contribution >= 0.6 is 28.3 Å². The van der Waals surface area contributed by atoms with Crippen molar-refractivity contribution < 1.29 is 4.74 Å². The maximum Gasteiger partial charge on any atom is 0.0952 e. The largest absolute Gasteiger partial charge is 0.371 e. The number of hydrogen-bond acceptors (Lipinski definition) is 3. The van der Waals surface area contributed by atoms with Gasteiger partial charge in [0.1, 0.15) is 0 Å². The molecule has 2 atom stereocenters. The Morgan fingerprint density at radius 3 is 3.05 bits per heavy atom. The highest BCUT2D eigenvalue weighted by atomic mass is 79.9. The van der Waals surface area contributed by atoms with Crippen molar-refractivity contribution in [3.63, 3.8) is 0 Å². The van der Waals surface area contributed by atoms with Gasteiger partial charge in [0.25, 0.3) is 0 Å². The fourth-order valence-corrected chi connectivity index (χ4v) is 3.64. The van der Waals surface area contributed by atoms with E-state index in [-0.39, 0.29) is 18.5 Å². The molecular formula is C16H24BrClN2O. The maximum absolute atomic E-state index is 5.96. The molecule has 0 amide bonds. The first-order valence-electron chi connectivity index (χ1n) is 7.61. The highest BCUT2D eigenvalue weighted by molar-refractivity contribution is 9.10. The quantitative estimate of drug-likeness (QED) is 0.878. The molecule has 1 aromatic carbocycles. The third-order valence-electron chi connectivity index (χ3n) is 4.29. The van der Waals surface area contributed by atoms with Gasteiger partial charge in [-0.15, -0.1) is 12.4 Å². The smallest absolute Gasteiger partial charge is 0.0952 e. The third kappa shape index (κ3) is 4.93. The zero-order valence-corrected chi connectivity index (χ0v) is 14.7. The summed E-state index contributed by atoms with van der Waals surface area (Å²) in [4.78, 5) is 2.58. The van der Waals surface area contributed by atoms with Crippen molar-refractivity contribution in [1.29, 1.82) is 0 Å². The lowest BCUT2D eigenvalue weighted by Crippen LogP contribution is -2.44. The SMILES string of the molecule is Brc1cccc(C2CN(CC3CCCNC3)CCO2)c1.Cl. The fraction of sp³-hybridized carbons (Fsp3) is 0.625. The molecule has 21 heavy (non-hydrogen) atoms. The van der Waals surface area contributed by atoms with Gasteiger partial charge in [-0.25, -0.2) is 0 Å². The standard InChI is InChI=1S/C16H23BrN2O.ClH/c17-15-5-1-4-14(9-15)16-12-19(7-8-20-16)11-13-3-2-6-18-10-13;/h1,4-5,9,13,16,18H,2-3,6-8,10-12H2;1H. The minimum absolute atomic E-state index is 0. The van der Waals surface area contributed by atoms with Gasteiger partial charge in [-0.2, -0.15) is 0 Å². The number of piperidine rings is 1. The highest BCUT2D eigenvalue weighted by Gasteiger charge is 2.24. The summed E-state index contributed by atoms with van der Waals surface area (Å²) in [6.07, 6.45) is 2.91. The molecule has 0 radical (unpaired) electrons. The molecule has 3 rings (SSSR count). The van der Waals surface area contributed by atoms with Crippen LogP contribution in [0.1, 0.15) is 24.5 Å². The van der Waals surface area contributed by atoms with Crippen LogP contribution in [-0.4, -0.2) is 44.2 Å². The fourth-order valence-electron chi connectivity index (χ4n) is 3.22. The van der Waals surface area contributed by atoms with Gasteiger partial charge in [0.05, 0.1) is 12.7 Å².